The van der Waals surface area contributed by atoms with E-state index in [1.165, 1.54) is 34.0 Å². The Balaban J connectivity index is 1.47. The number of piperidine rings is 1. The zero-order chi connectivity index (χ0) is 21.5. The number of carbonyl (C=O) groups is 1. The number of benzene rings is 1. The van der Waals surface area contributed by atoms with Crippen LogP contribution in [0.15, 0.2) is 36.4 Å². The lowest BCUT2D eigenvalue weighted by Crippen LogP contribution is -2.49. The molecule has 0 atom stereocenters. The molecule has 3 heterocycles. The van der Waals surface area contributed by atoms with Gasteiger partial charge in [-0.25, -0.2) is 4.68 Å². The van der Waals surface area contributed by atoms with Crippen LogP contribution in [0.3, 0.4) is 0 Å². The summed E-state index contributed by atoms with van der Waals surface area (Å²) in [5.41, 5.74) is 1.84. The highest BCUT2D eigenvalue weighted by Crippen LogP contribution is 2.30. The number of amides is 1. The first-order valence-electron chi connectivity index (χ1n) is 9.80. The average Bonchev–Trinajstić information content (AvgIpc) is 3.30. The molecule has 1 amide bonds. The van der Waals surface area contributed by atoms with E-state index in [-0.39, 0.29) is 11.9 Å². The summed E-state index contributed by atoms with van der Waals surface area (Å²) in [6, 6.07) is 11.7. The third kappa shape index (κ3) is 3.87. The highest BCUT2D eigenvalue weighted by Gasteiger charge is 2.30. The maximum atomic E-state index is 12.9. The van der Waals surface area contributed by atoms with Crippen molar-refractivity contribution in [2.75, 3.05) is 27.2 Å². The molecule has 0 saturated carbocycles. The summed E-state index contributed by atoms with van der Waals surface area (Å²) in [7, 11) is -0.341. The van der Waals surface area contributed by atoms with E-state index < -0.39 is 10.2 Å². The van der Waals surface area contributed by atoms with Crippen LogP contribution in [0, 0.1) is 6.92 Å². The summed E-state index contributed by atoms with van der Waals surface area (Å²) >= 11 is 1.42. The molecule has 1 N–H and O–H groups in total. The fourth-order valence-electron chi connectivity index (χ4n) is 3.62. The summed E-state index contributed by atoms with van der Waals surface area (Å²) in [6.07, 6.45) is 1.20. The Bertz CT molecular complexity index is 1160. The predicted molar refractivity (Wildman–Crippen MR) is 118 cm³/mol. The van der Waals surface area contributed by atoms with Crippen molar-refractivity contribution in [1.29, 1.82) is 0 Å². The van der Waals surface area contributed by atoms with E-state index in [9.17, 15) is 13.2 Å². The van der Waals surface area contributed by atoms with Crippen LogP contribution in [-0.2, 0) is 10.2 Å². The normalized spacial score (nSPS) is 16.4. The minimum Gasteiger partial charge on any atom is -0.349 e. The van der Waals surface area contributed by atoms with Crippen molar-refractivity contribution >= 4 is 37.7 Å². The Hall–Kier alpha value is -2.27. The van der Waals surface area contributed by atoms with Crippen LogP contribution in [0.1, 0.15) is 28.2 Å². The first-order chi connectivity index (χ1) is 14.3. The molecule has 2 aromatic heterocycles. The fraction of sp³-hybridized carbons (Fsp3) is 0.400. The van der Waals surface area contributed by atoms with Gasteiger partial charge in [0.2, 0.25) is 0 Å². The van der Waals surface area contributed by atoms with Crippen LogP contribution in [0.2, 0.25) is 0 Å². The maximum Gasteiger partial charge on any atom is 0.281 e. The number of carbonyl (C=O) groups excluding carboxylic acids is 1. The molecule has 0 radical (unpaired) electrons. The van der Waals surface area contributed by atoms with E-state index in [0.29, 0.717) is 30.8 Å². The number of fused-ring (bicyclic) bond motifs is 1. The van der Waals surface area contributed by atoms with Crippen LogP contribution in [0.4, 0.5) is 0 Å². The first kappa shape index (κ1) is 21.0. The van der Waals surface area contributed by atoms with Crippen molar-refractivity contribution in [1.82, 2.24) is 23.7 Å². The standard InChI is InChI=1S/C20H25N5O3S2/c1-14-17-13-18(29-20(17)25(22-14)16-7-5-4-6-8-16)19(26)21-15-9-11-24(12-10-15)30(27,28)23(2)3/h4-8,13,15H,9-12H2,1-3H3,(H,21,26). The number of hydrogen-bond acceptors (Lipinski definition) is 5. The van der Waals surface area contributed by atoms with E-state index in [0.717, 1.165) is 21.6 Å². The van der Waals surface area contributed by atoms with E-state index in [4.69, 9.17) is 0 Å². The molecule has 1 aromatic carbocycles. The summed E-state index contributed by atoms with van der Waals surface area (Å²) in [5.74, 6) is -0.121. The second-order valence-corrected chi connectivity index (χ2v) is 10.8. The minimum absolute atomic E-state index is 0.0388. The van der Waals surface area contributed by atoms with Crippen molar-refractivity contribution < 1.29 is 13.2 Å². The summed E-state index contributed by atoms with van der Waals surface area (Å²) in [4.78, 5) is 14.4. The van der Waals surface area contributed by atoms with Gasteiger partial charge in [-0.3, -0.25) is 4.79 Å². The molecule has 3 aromatic rings. The van der Waals surface area contributed by atoms with E-state index in [1.54, 1.807) is 0 Å². The number of thiophene rings is 1. The number of aryl methyl sites for hydroxylation is 1. The molecular formula is C20H25N5O3S2. The van der Waals surface area contributed by atoms with E-state index in [1.807, 2.05) is 48.0 Å². The monoisotopic (exact) mass is 447 g/mol. The van der Waals surface area contributed by atoms with Crippen LogP contribution in [0.25, 0.3) is 15.9 Å². The molecule has 0 aliphatic carbocycles. The molecule has 10 heteroatoms. The number of rotatable bonds is 5. The van der Waals surface area contributed by atoms with Gasteiger partial charge in [0.25, 0.3) is 16.1 Å². The second-order valence-electron chi connectivity index (χ2n) is 7.60. The minimum atomic E-state index is -3.40. The van der Waals surface area contributed by atoms with Crippen molar-refractivity contribution in [3.8, 4) is 5.69 Å². The van der Waals surface area contributed by atoms with E-state index >= 15 is 0 Å². The van der Waals surface area contributed by atoms with Gasteiger partial charge >= 0.3 is 0 Å². The molecule has 8 nitrogen and oxygen atoms in total. The molecule has 160 valence electrons. The van der Waals surface area contributed by atoms with Crippen LogP contribution in [0.5, 0.6) is 0 Å². The summed E-state index contributed by atoms with van der Waals surface area (Å²) < 4.78 is 29.0. The summed E-state index contributed by atoms with van der Waals surface area (Å²) in [5, 5.41) is 8.66. The number of aromatic nitrogens is 2. The largest absolute Gasteiger partial charge is 0.349 e. The second kappa shape index (κ2) is 8.10. The van der Waals surface area contributed by atoms with Gasteiger partial charge in [-0.15, -0.1) is 11.3 Å². The fourth-order valence-corrected chi connectivity index (χ4v) is 5.84. The van der Waals surface area contributed by atoms with E-state index in [2.05, 4.69) is 10.4 Å². The lowest BCUT2D eigenvalue weighted by Gasteiger charge is -2.32. The molecule has 0 spiro atoms. The molecule has 4 rings (SSSR count). The van der Waals surface area contributed by atoms with Gasteiger partial charge in [0.05, 0.1) is 16.3 Å². The average molecular weight is 448 g/mol. The molecular weight excluding hydrogens is 422 g/mol. The molecule has 0 unspecified atom stereocenters. The first-order valence-corrected chi connectivity index (χ1v) is 12.0. The van der Waals surface area contributed by atoms with Gasteiger partial charge in [-0.1, -0.05) is 18.2 Å². The SMILES string of the molecule is Cc1nn(-c2ccccc2)c2sc(C(=O)NC3CCN(S(=O)(=O)N(C)C)CC3)cc12. The van der Waals surface area contributed by atoms with Gasteiger partial charge in [-0.2, -0.15) is 22.1 Å². The third-order valence-electron chi connectivity index (χ3n) is 5.35. The Morgan fingerprint density at radius 3 is 2.50 bits per heavy atom. The van der Waals surface area contributed by atoms with Crippen LogP contribution in [-0.4, -0.2) is 65.9 Å². The quantitative estimate of drug-likeness (QED) is 0.651. The number of nitrogens with one attached hydrogen (secondary N) is 1. The lowest BCUT2D eigenvalue weighted by atomic mass is 10.1. The van der Waals surface area contributed by atoms with Crippen molar-refractivity contribution in [2.45, 2.75) is 25.8 Å². The van der Waals surface area contributed by atoms with Crippen molar-refractivity contribution in [2.24, 2.45) is 0 Å². The van der Waals surface area contributed by atoms with Gasteiger partial charge in [-0.05, 0) is 38.0 Å². The topological polar surface area (TPSA) is 87.5 Å². The van der Waals surface area contributed by atoms with Crippen LogP contribution < -0.4 is 5.32 Å². The number of para-hydroxylation sites is 1. The highest BCUT2D eigenvalue weighted by atomic mass is 32.2. The smallest absolute Gasteiger partial charge is 0.281 e. The van der Waals surface area contributed by atoms with Crippen molar-refractivity contribution in [3.05, 3.63) is 47.0 Å². The molecule has 1 aliphatic rings. The molecule has 1 aliphatic heterocycles. The number of hydrogen-bond donors (Lipinski definition) is 1. The van der Waals surface area contributed by atoms with Gasteiger partial charge < -0.3 is 5.32 Å². The van der Waals surface area contributed by atoms with Gasteiger partial charge in [0.1, 0.15) is 4.83 Å². The zero-order valence-electron chi connectivity index (χ0n) is 17.2. The Kier molecular flexibility index (Phi) is 5.67. The summed E-state index contributed by atoms with van der Waals surface area (Å²) in [6.45, 7) is 2.75. The molecule has 30 heavy (non-hydrogen) atoms. The van der Waals surface area contributed by atoms with Gasteiger partial charge in [0, 0.05) is 38.6 Å². The number of nitrogens with zero attached hydrogens (tertiary/aromatic N) is 4. The Labute approximate surface area is 180 Å². The predicted octanol–water partition coefficient (Wildman–Crippen LogP) is 2.40. The molecule has 0 bridgehead atoms. The highest BCUT2D eigenvalue weighted by molar-refractivity contribution is 7.86. The third-order valence-corrected chi connectivity index (χ3v) is 8.40. The zero-order valence-corrected chi connectivity index (χ0v) is 18.8. The Morgan fingerprint density at radius 2 is 1.87 bits per heavy atom. The van der Waals surface area contributed by atoms with Crippen molar-refractivity contribution in [3.63, 3.8) is 0 Å². The van der Waals surface area contributed by atoms with Crippen LogP contribution >= 0.6 is 11.3 Å². The Morgan fingerprint density at radius 1 is 1.20 bits per heavy atom. The maximum absolute atomic E-state index is 12.9. The van der Waals surface area contributed by atoms with Gasteiger partial charge in [0.15, 0.2) is 0 Å². The molecule has 1 saturated heterocycles. The lowest BCUT2D eigenvalue weighted by molar-refractivity contribution is 0.0927. The molecule has 1 fully saturated rings.